The first kappa shape index (κ1) is 28.8. The molecule has 11 rings (SSSR count). The van der Waals surface area contributed by atoms with Crippen LogP contribution in [0, 0.1) is 0 Å². The van der Waals surface area contributed by atoms with Crippen LogP contribution in [0.4, 0.5) is 0 Å². The molecule has 3 aromatic heterocycles. The number of hydrogen-bond acceptors (Lipinski definition) is 2. The summed E-state index contributed by atoms with van der Waals surface area (Å²) in [5.74, 6) is 0. The fourth-order valence-electron chi connectivity index (χ4n) is 8.15. The summed E-state index contributed by atoms with van der Waals surface area (Å²) in [6, 6.07) is 64.8. The predicted molar refractivity (Wildman–Crippen MR) is 217 cm³/mol. The smallest absolute Gasteiger partial charge is 0.0973 e. The van der Waals surface area contributed by atoms with E-state index in [1.165, 1.54) is 43.6 Å². The second-order valence-electron chi connectivity index (χ2n) is 13.4. The SMILES string of the molecule is c1ccc(-c2nc3ccc4cc(-n5c6ccccc6c6cc(-n7c8ccccc8c8ccccc87)ccc65)ccc4c3nc2-c2ccccc2)cc1. The van der Waals surface area contributed by atoms with Crippen LogP contribution < -0.4 is 0 Å². The van der Waals surface area contributed by atoms with Crippen molar-refractivity contribution < 1.29 is 0 Å². The summed E-state index contributed by atoms with van der Waals surface area (Å²) in [4.78, 5) is 10.6. The highest BCUT2D eigenvalue weighted by Crippen LogP contribution is 2.38. The topological polar surface area (TPSA) is 35.6 Å². The second-order valence-corrected chi connectivity index (χ2v) is 13.4. The Kier molecular flexibility index (Phi) is 6.22. The van der Waals surface area contributed by atoms with Crippen molar-refractivity contribution in [2.75, 3.05) is 0 Å². The maximum absolute atomic E-state index is 5.35. The molecule has 0 spiro atoms. The number of fused-ring (bicyclic) bond motifs is 9. The number of aromatic nitrogens is 4. The average Bonchev–Trinajstić information content (AvgIpc) is 3.73. The van der Waals surface area contributed by atoms with Crippen LogP contribution in [0.15, 0.2) is 182 Å². The first-order valence-corrected chi connectivity index (χ1v) is 17.7. The lowest BCUT2D eigenvalue weighted by Gasteiger charge is -2.13. The molecule has 0 aliphatic rings. The summed E-state index contributed by atoms with van der Waals surface area (Å²) >= 11 is 0. The largest absolute Gasteiger partial charge is 0.309 e. The van der Waals surface area contributed by atoms with E-state index in [4.69, 9.17) is 9.97 Å². The van der Waals surface area contributed by atoms with Crippen molar-refractivity contribution in [1.29, 1.82) is 0 Å². The first-order chi connectivity index (χ1) is 25.8. The van der Waals surface area contributed by atoms with Gasteiger partial charge < -0.3 is 9.13 Å². The molecule has 8 aromatic carbocycles. The lowest BCUT2D eigenvalue weighted by Crippen LogP contribution is -1.97. The summed E-state index contributed by atoms with van der Waals surface area (Å²) in [5.41, 5.74) is 12.7. The van der Waals surface area contributed by atoms with Gasteiger partial charge in [-0.1, -0.05) is 127 Å². The van der Waals surface area contributed by atoms with Crippen molar-refractivity contribution >= 4 is 65.4 Å². The molecule has 0 bridgehead atoms. The normalized spacial score (nSPS) is 11.8. The van der Waals surface area contributed by atoms with Crippen molar-refractivity contribution in [3.8, 4) is 33.9 Å². The van der Waals surface area contributed by atoms with Gasteiger partial charge in [-0.25, -0.2) is 9.97 Å². The second kappa shape index (κ2) is 11.2. The Labute approximate surface area is 299 Å². The molecule has 0 aliphatic heterocycles. The quantitative estimate of drug-likeness (QED) is 0.176. The van der Waals surface area contributed by atoms with Gasteiger partial charge in [-0.2, -0.15) is 0 Å². The minimum Gasteiger partial charge on any atom is -0.309 e. The van der Waals surface area contributed by atoms with Crippen LogP contribution in [-0.2, 0) is 0 Å². The van der Waals surface area contributed by atoms with Gasteiger partial charge in [-0.15, -0.1) is 0 Å². The maximum Gasteiger partial charge on any atom is 0.0973 e. The third-order valence-electron chi connectivity index (χ3n) is 10.5. The fraction of sp³-hybridized carbons (Fsp3) is 0. The van der Waals surface area contributed by atoms with Crippen LogP contribution in [0.5, 0.6) is 0 Å². The first-order valence-electron chi connectivity index (χ1n) is 17.7. The molecular formula is C48H30N4. The van der Waals surface area contributed by atoms with Crippen molar-refractivity contribution in [2.24, 2.45) is 0 Å². The highest BCUT2D eigenvalue weighted by Gasteiger charge is 2.18. The predicted octanol–water partition coefficient (Wildman–Crippen LogP) is 12.3. The average molecular weight is 663 g/mol. The zero-order valence-corrected chi connectivity index (χ0v) is 28.1. The summed E-state index contributed by atoms with van der Waals surface area (Å²) in [7, 11) is 0. The van der Waals surface area contributed by atoms with Gasteiger partial charge in [-0.3, -0.25) is 0 Å². The van der Waals surface area contributed by atoms with E-state index in [9.17, 15) is 0 Å². The van der Waals surface area contributed by atoms with Gasteiger partial charge >= 0.3 is 0 Å². The molecule has 0 amide bonds. The Morgan fingerprint density at radius 2 is 0.808 bits per heavy atom. The van der Waals surface area contributed by atoms with E-state index in [0.29, 0.717) is 0 Å². The van der Waals surface area contributed by atoms with Crippen LogP contribution in [0.1, 0.15) is 0 Å². The Morgan fingerprint density at radius 3 is 1.42 bits per heavy atom. The van der Waals surface area contributed by atoms with Gasteiger partial charge in [0.25, 0.3) is 0 Å². The third-order valence-corrected chi connectivity index (χ3v) is 10.5. The van der Waals surface area contributed by atoms with Gasteiger partial charge in [0.05, 0.1) is 44.5 Å². The molecular weight excluding hydrogens is 633 g/mol. The van der Waals surface area contributed by atoms with Crippen LogP contribution in [-0.4, -0.2) is 19.1 Å². The van der Waals surface area contributed by atoms with E-state index in [1.807, 2.05) is 12.1 Å². The Balaban J connectivity index is 1.11. The standard InChI is InChI=1S/C48H30N4/c1-3-13-31(14-4-1)46-47(32-15-5-2-6-16-32)50-48-36-26-24-34(29-33(36)23-27-41(48)49-46)51-44-22-12-9-19-39(44)40-30-35(25-28-45(40)51)52-42-20-10-7-17-37(42)38-18-8-11-21-43(38)52/h1-30H. The molecule has 0 radical (unpaired) electrons. The maximum atomic E-state index is 5.35. The molecule has 4 heteroatoms. The van der Waals surface area contributed by atoms with Gasteiger partial charge in [0.2, 0.25) is 0 Å². The van der Waals surface area contributed by atoms with E-state index >= 15 is 0 Å². The monoisotopic (exact) mass is 662 g/mol. The molecule has 0 saturated carbocycles. The molecule has 0 N–H and O–H groups in total. The van der Waals surface area contributed by atoms with Gasteiger partial charge in [0.15, 0.2) is 0 Å². The third kappa shape index (κ3) is 4.28. The minimum atomic E-state index is 0.883. The van der Waals surface area contributed by atoms with E-state index in [2.05, 4.69) is 179 Å². The molecule has 242 valence electrons. The van der Waals surface area contributed by atoms with Crippen LogP contribution in [0.25, 0.3) is 99.3 Å². The van der Waals surface area contributed by atoms with E-state index in [1.54, 1.807) is 0 Å². The van der Waals surface area contributed by atoms with Crippen molar-refractivity contribution in [3.63, 3.8) is 0 Å². The lowest BCUT2D eigenvalue weighted by atomic mass is 10.0. The van der Waals surface area contributed by atoms with Crippen molar-refractivity contribution in [1.82, 2.24) is 19.1 Å². The molecule has 0 unspecified atom stereocenters. The highest BCUT2D eigenvalue weighted by atomic mass is 15.0. The van der Waals surface area contributed by atoms with Gasteiger partial charge in [-0.05, 0) is 60.0 Å². The molecule has 0 fully saturated rings. The summed E-state index contributed by atoms with van der Waals surface area (Å²) in [5, 5.41) is 7.19. The number of rotatable bonds is 4. The Morgan fingerprint density at radius 1 is 0.327 bits per heavy atom. The number of hydrogen-bond donors (Lipinski definition) is 0. The van der Waals surface area contributed by atoms with Gasteiger partial charge in [0, 0.05) is 49.4 Å². The van der Waals surface area contributed by atoms with Crippen LogP contribution >= 0.6 is 0 Å². The summed E-state index contributed by atoms with van der Waals surface area (Å²) in [6.07, 6.45) is 0. The highest BCUT2D eigenvalue weighted by molar-refractivity contribution is 6.13. The van der Waals surface area contributed by atoms with E-state index in [-0.39, 0.29) is 0 Å². The number of para-hydroxylation sites is 3. The molecule has 11 aromatic rings. The molecule has 3 heterocycles. The van der Waals surface area contributed by atoms with Crippen LogP contribution in [0.2, 0.25) is 0 Å². The van der Waals surface area contributed by atoms with Crippen molar-refractivity contribution in [2.45, 2.75) is 0 Å². The van der Waals surface area contributed by atoms with E-state index < -0.39 is 0 Å². The Bertz CT molecular complexity index is 3120. The minimum absolute atomic E-state index is 0.883. The summed E-state index contributed by atoms with van der Waals surface area (Å²) in [6.45, 7) is 0. The molecule has 0 atom stereocenters. The summed E-state index contributed by atoms with van der Waals surface area (Å²) < 4.78 is 4.79. The molecule has 4 nitrogen and oxygen atoms in total. The fourth-order valence-corrected chi connectivity index (χ4v) is 8.15. The zero-order valence-electron chi connectivity index (χ0n) is 28.1. The zero-order chi connectivity index (χ0) is 34.2. The van der Waals surface area contributed by atoms with Crippen molar-refractivity contribution in [3.05, 3.63) is 182 Å². The Hall–Kier alpha value is -7.04. The molecule has 0 aliphatic carbocycles. The van der Waals surface area contributed by atoms with Crippen LogP contribution in [0.3, 0.4) is 0 Å². The van der Waals surface area contributed by atoms with Gasteiger partial charge in [0.1, 0.15) is 0 Å². The number of nitrogens with zero attached hydrogens (tertiary/aromatic N) is 4. The molecule has 0 saturated heterocycles. The molecule has 52 heavy (non-hydrogen) atoms. The lowest BCUT2D eigenvalue weighted by molar-refractivity contribution is 1.17. The number of benzene rings is 8. The van der Waals surface area contributed by atoms with E-state index in [0.717, 1.165) is 55.7 Å².